The Kier molecular flexibility index (Phi) is 6.44. The Balaban J connectivity index is 1.82. The van der Waals surface area contributed by atoms with Crippen molar-refractivity contribution in [2.75, 3.05) is 14.1 Å². The van der Waals surface area contributed by atoms with Gasteiger partial charge in [-0.15, -0.1) is 0 Å². The molecule has 0 heterocycles. The van der Waals surface area contributed by atoms with Crippen LogP contribution in [0.3, 0.4) is 0 Å². The first kappa shape index (κ1) is 17.0. The Hall–Kier alpha value is -1.35. The molecule has 3 nitrogen and oxygen atoms in total. The molecule has 1 aromatic rings. The number of carbonyl (C=O) groups excluding carboxylic acids is 1. The van der Waals surface area contributed by atoms with E-state index in [1.807, 2.05) is 6.92 Å². The van der Waals surface area contributed by atoms with Crippen LogP contribution in [0.15, 0.2) is 24.3 Å². The number of carbonyl (C=O) groups is 1. The Labute approximate surface area is 134 Å². The van der Waals surface area contributed by atoms with Gasteiger partial charge >= 0.3 is 5.97 Å². The predicted molar refractivity (Wildman–Crippen MR) is 89.8 cm³/mol. The summed E-state index contributed by atoms with van der Waals surface area (Å²) in [5.41, 5.74) is 2.79. The molecule has 122 valence electrons. The van der Waals surface area contributed by atoms with Crippen LogP contribution in [0.2, 0.25) is 0 Å². The first-order valence-electron chi connectivity index (χ1n) is 8.51. The molecule has 0 atom stereocenters. The largest absolute Gasteiger partial charge is 0.462 e. The fourth-order valence-corrected chi connectivity index (χ4v) is 3.22. The standard InChI is InChI=1S/C19H29NO2/c1-4-5-19(21)22-18-12-10-17(11-13-18)16-8-6-15(7-9-16)14-20(2)3/h6-9,17-18H,4-5,10-14H2,1-3H3. The predicted octanol–water partition coefficient (Wildman–Crippen LogP) is 4.12. The maximum atomic E-state index is 11.6. The summed E-state index contributed by atoms with van der Waals surface area (Å²) in [5.74, 6) is 0.591. The van der Waals surface area contributed by atoms with Crippen LogP contribution in [-0.4, -0.2) is 31.1 Å². The quantitative estimate of drug-likeness (QED) is 0.740. The van der Waals surface area contributed by atoms with Crippen LogP contribution in [-0.2, 0) is 16.1 Å². The van der Waals surface area contributed by atoms with Crippen LogP contribution < -0.4 is 0 Å². The van der Waals surface area contributed by atoms with E-state index < -0.39 is 0 Å². The van der Waals surface area contributed by atoms with Crippen molar-refractivity contribution in [2.45, 2.75) is 64.0 Å². The van der Waals surface area contributed by atoms with E-state index in [0.717, 1.165) is 38.6 Å². The Morgan fingerprint density at radius 3 is 2.32 bits per heavy atom. The summed E-state index contributed by atoms with van der Waals surface area (Å²) in [5, 5.41) is 0. The van der Waals surface area contributed by atoms with Crippen LogP contribution in [0.25, 0.3) is 0 Å². The van der Waals surface area contributed by atoms with E-state index in [0.29, 0.717) is 12.3 Å². The number of rotatable bonds is 6. The lowest BCUT2D eigenvalue weighted by Gasteiger charge is -2.28. The second-order valence-electron chi connectivity index (χ2n) is 6.69. The van der Waals surface area contributed by atoms with Gasteiger partial charge in [0.2, 0.25) is 0 Å². The third kappa shape index (κ3) is 5.13. The molecule has 0 unspecified atom stereocenters. The van der Waals surface area contributed by atoms with Crippen molar-refractivity contribution >= 4 is 5.97 Å². The van der Waals surface area contributed by atoms with Gasteiger partial charge in [-0.25, -0.2) is 0 Å². The van der Waals surface area contributed by atoms with E-state index in [9.17, 15) is 4.79 Å². The average molecular weight is 303 g/mol. The Morgan fingerprint density at radius 1 is 1.14 bits per heavy atom. The van der Waals surface area contributed by atoms with E-state index in [1.54, 1.807) is 0 Å². The highest BCUT2D eigenvalue weighted by Gasteiger charge is 2.24. The lowest BCUT2D eigenvalue weighted by atomic mass is 9.82. The number of ether oxygens (including phenoxy) is 1. The van der Waals surface area contributed by atoms with Gasteiger partial charge in [0, 0.05) is 13.0 Å². The molecule has 2 rings (SSSR count). The topological polar surface area (TPSA) is 29.5 Å². The normalized spacial score (nSPS) is 21.8. The third-order valence-electron chi connectivity index (χ3n) is 4.38. The van der Waals surface area contributed by atoms with Crippen molar-refractivity contribution in [3.63, 3.8) is 0 Å². The molecule has 0 spiro atoms. The van der Waals surface area contributed by atoms with Crippen molar-refractivity contribution in [3.05, 3.63) is 35.4 Å². The molecule has 1 fully saturated rings. The van der Waals surface area contributed by atoms with Crippen molar-refractivity contribution in [1.82, 2.24) is 4.90 Å². The average Bonchev–Trinajstić information content (AvgIpc) is 2.48. The monoisotopic (exact) mass is 303 g/mol. The van der Waals surface area contributed by atoms with Gasteiger partial charge < -0.3 is 9.64 Å². The third-order valence-corrected chi connectivity index (χ3v) is 4.38. The Bertz CT molecular complexity index is 459. The lowest BCUT2D eigenvalue weighted by molar-refractivity contribution is -0.150. The molecule has 0 aromatic heterocycles. The maximum Gasteiger partial charge on any atom is 0.306 e. The molecule has 0 amide bonds. The van der Waals surface area contributed by atoms with Crippen molar-refractivity contribution in [2.24, 2.45) is 0 Å². The zero-order valence-corrected chi connectivity index (χ0v) is 14.2. The van der Waals surface area contributed by atoms with Crippen LogP contribution in [0.1, 0.15) is 62.5 Å². The summed E-state index contributed by atoms with van der Waals surface area (Å²) in [6.45, 7) is 3.00. The summed E-state index contributed by atoms with van der Waals surface area (Å²) >= 11 is 0. The van der Waals surface area contributed by atoms with Gasteiger partial charge in [0.1, 0.15) is 6.10 Å². The minimum atomic E-state index is -0.0287. The molecule has 0 N–H and O–H groups in total. The highest BCUT2D eigenvalue weighted by Crippen LogP contribution is 2.34. The van der Waals surface area contributed by atoms with Crippen LogP contribution >= 0.6 is 0 Å². The first-order valence-corrected chi connectivity index (χ1v) is 8.51. The molecule has 0 aliphatic heterocycles. The molecular formula is C19H29NO2. The SMILES string of the molecule is CCCC(=O)OC1CCC(c2ccc(CN(C)C)cc2)CC1. The highest BCUT2D eigenvalue weighted by atomic mass is 16.5. The van der Waals surface area contributed by atoms with Gasteiger partial charge in [-0.05, 0) is 63.2 Å². The molecule has 0 radical (unpaired) electrons. The number of esters is 1. The molecule has 3 heteroatoms. The summed E-state index contributed by atoms with van der Waals surface area (Å²) < 4.78 is 5.53. The van der Waals surface area contributed by atoms with E-state index in [4.69, 9.17) is 4.74 Å². The van der Waals surface area contributed by atoms with E-state index in [1.165, 1.54) is 11.1 Å². The molecular weight excluding hydrogens is 274 g/mol. The number of hydrogen-bond donors (Lipinski definition) is 0. The summed E-state index contributed by atoms with van der Waals surface area (Å²) in [6.07, 6.45) is 5.80. The van der Waals surface area contributed by atoms with E-state index in [-0.39, 0.29) is 12.1 Å². The summed E-state index contributed by atoms with van der Waals surface area (Å²) in [7, 11) is 4.18. The summed E-state index contributed by atoms with van der Waals surface area (Å²) in [4.78, 5) is 13.7. The molecule has 1 aliphatic carbocycles. The molecule has 1 aromatic carbocycles. The zero-order chi connectivity index (χ0) is 15.9. The van der Waals surface area contributed by atoms with Gasteiger partial charge in [-0.2, -0.15) is 0 Å². The minimum absolute atomic E-state index is 0.0287. The van der Waals surface area contributed by atoms with Crippen LogP contribution in [0.5, 0.6) is 0 Å². The second-order valence-corrected chi connectivity index (χ2v) is 6.69. The van der Waals surface area contributed by atoms with Crippen LogP contribution in [0.4, 0.5) is 0 Å². The van der Waals surface area contributed by atoms with Gasteiger partial charge in [-0.3, -0.25) is 4.79 Å². The fraction of sp³-hybridized carbons (Fsp3) is 0.632. The smallest absolute Gasteiger partial charge is 0.306 e. The van der Waals surface area contributed by atoms with Crippen molar-refractivity contribution in [3.8, 4) is 0 Å². The van der Waals surface area contributed by atoms with Gasteiger partial charge in [0.15, 0.2) is 0 Å². The van der Waals surface area contributed by atoms with Crippen molar-refractivity contribution in [1.29, 1.82) is 0 Å². The fourth-order valence-electron chi connectivity index (χ4n) is 3.22. The van der Waals surface area contributed by atoms with E-state index in [2.05, 4.69) is 43.3 Å². The lowest BCUT2D eigenvalue weighted by Crippen LogP contribution is -2.23. The second kappa shape index (κ2) is 8.33. The molecule has 22 heavy (non-hydrogen) atoms. The molecule has 1 aliphatic rings. The van der Waals surface area contributed by atoms with Gasteiger partial charge in [-0.1, -0.05) is 31.2 Å². The maximum absolute atomic E-state index is 11.6. The summed E-state index contributed by atoms with van der Waals surface area (Å²) in [6, 6.07) is 9.02. The molecule has 0 bridgehead atoms. The zero-order valence-electron chi connectivity index (χ0n) is 14.2. The Morgan fingerprint density at radius 2 is 1.77 bits per heavy atom. The number of hydrogen-bond acceptors (Lipinski definition) is 3. The first-order chi connectivity index (χ1) is 10.6. The van der Waals surface area contributed by atoms with Crippen LogP contribution in [0, 0.1) is 0 Å². The highest BCUT2D eigenvalue weighted by molar-refractivity contribution is 5.69. The van der Waals surface area contributed by atoms with Crippen molar-refractivity contribution < 1.29 is 9.53 Å². The number of benzene rings is 1. The van der Waals surface area contributed by atoms with Gasteiger partial charge in [0.25, 0.3) is 0 Å². The minimum Gasteiger partial charge on any atom is -0.462 e. The van der Waals surface area contributed by atoms with Gasteiger partial charge in [0.05, 0.1) is 0 Å². The van der Waals surface area contributed by atoms with E-state index >= 15 is 0 Å². The number of nitrogens with zero attached hydrogens (tertiary/aromatic N) is 1. The molecule has 1 saturated carbocycles. The molecule has 0 saturated heterocycles.